The largest absolute Gasteiger partial charge is 0.251 e. The second kappa shape index (κ2) is 3.88. The third-order valence-electron chi connectivity index (χ3n) is 1.09. The van der Waals surface area contributed by atoms with Gasteiger partial charge in [-0.3, -0.25) is 4.39 Å². The fourth-order valence-corrected chi connectivity index (χ4v) is 1.26. The first-order chi connectivity index (χ1) is 4.50. The zero-order valence-electron chi connectivity index (χ0n) is 6.17. The van der Waals surface area contributed by atoms with Gasteiger partial charge < -0.3 is 0 Å². The predicted molar refractivity (Wildman–Crippen MR) is 38.1 cm³/mol. The Morgan fingerprint density at radius 3 is 2.20 bits per heavy atom. The fourth-order valence-electron chi connectivity index (χ4n) is 0.420. The Balaban J connectivity index is 3.90. The van der Waals surface area contributed by atoms with Crippen molar-refractivity contribution in [3.8, 4) is 0 Å². The summed E-state index contributed by atoms with van der Waals surface area (Å²) in [6, 6.07) is 0. The molecular weight excluding hydrogens is 157 g/mol. The van der Waals surface area contributed by atoms with Gasteiger partial charge in [-0.1, -0.05) is 0 Å². The lowest BCUT2D eigenvalue weighted by Gasteiger charge is -2.09. The van der Waals surface area contributed by atoms with Gasteiger partial charge in [-0.25, -0.2) is 12.7 Å². The van der Waals surface area contributed by atoms with E-state index in [0.717, 1.165) is 4.31 Å². The maximum Gasteiger partial charge on any atom is 0.213 e. The van der Waals surface area contributed by atoms with Crippen LogP contribution in [-0.2, 0) is 10.0 Å². The minimum Gasteiger partial charge on any atom is -0.251 e. The molecule has 0 amide bonds. The van der Waals surface area contributed by atoms with Gasteiger partial charge in [0.2, 0.25) is 10.0 Å². The van der Waals surface area contributed by atoms with Crippen molar-refractivity contribution in [3.63, 3.8) is 0 Å². The molecule has 0 unspecified atom stereocenters. The van der Waals surface area contributed by atoms with E-state index < -0.39 is 16.7 Å². The molecule has 0 spiro atoms. The van der Waals surface area contributed by atoms with Crippen LogP contribution < -0.4 is 0 Å². The molecule has 0 saturated carbocycles. The molecule has 62 valence electrons. The van der Waals surface area contributed by atoms with Gasteiger partial charge in [0.15, 0.2) is 0 Å². The van der Waals surface area contributed by atoms with Gasteiger partial charge >= 0.3 is 0 Å². The van der Waals surface area contributed by atoms with Crippen LogP contribution in [0.25, 0.3) is 0 Å². The Bertz CT molecular complexity index is 176. The van der Waals surface area contributed by atoms with Crippen LogP contribution in [0.15, 0.2) is 0 Å². The average Bonchev–Trinajstić information content (AvgIpc) is 1.84. The quantitative estimate of drug-likeness (QED) is 0.604. The van der Waals surface area contributed by atoms with Crippen molar-refractivity contribution >= 4 is 10.0 Å². The average molecular weight is 169 g/mol. The normalized spacial score (nSPS) is 12.4. The predicted octanol–water partition coefficient (Wildman–Crippen LogP) is 0.237. The number of rotatable bonds is 4. The molecule has 0 bridgehead atoms. The molecular formula is C5H12FNO2S. The third kappa shape index (κ3) is 3.12. The minimum atomic E-state index is -3.17. The Labute approximate surface area is 60.9 Å². The molecule has 3 nitrogen and oxygen atoms in total. The van der Waals surface area contributed by atoms with E-state index >= 15 is 0 Å². The number of alkyl halides is 1. The monoisotopic (exact) mass is 169 g/mol. The van der Waals surface area contributed by atoms with Gasteiger partial charge in [-0.05, 0) is 6.42 Å². The first kappa shape index (κ1) is 9.84. The maximum absolute atomic E-state index is 11.5. The second-order valence-corrected chi connectivity index (χ2v) is 4.44. The lowest BCUT2D eigenvalue weighted by atomic mass is 10.6. The number of hydrogen-bond donors (Lipinski definition) is 0. The number of sulfonamides is 1. The molecule has 0 aliphatic carbocycles. The molecule has 0 aliphatic heterocycles. The summed E-state index contributed by atoms with van der Waals surface area (Å²) in [7, 11) is -0.291. The molecule has 0 atom stereocenters. The van der Waals surface area contributed by atoms with Crippen LogP contribution in [0.2, 0.25) is 0 Å². The Hall–Kier alpha value is -0.160. The highest BCUT2D eigenvalue weighted by Crippen LogP contribution is 1.96. The highest BCUT2D eigenvalue weighted by Gasteiger charge is 2.11. The number of hydrogen-bond acceptors (Lipinski definition) is 2. The van der Waals surface area contributed by atoms with E-state index in [0.29, 0.717) is 0 Å². The Kier molecular flexibility index (Phi) is 3.81. The van der Waals surface area contributed by atoms with Crippen molar-refractivity contribution in [2.45, 2.75) is 6.42 Å². The lowest BCUT2D eigenvalue weighted by molar-refractivity contribution is 0.473. The molecule has 0 aromatic carbocycles. The first-order valence-electron chi connectivity index (χ1n) is 2.97. The van der Waals surface area contributed by atoms with E-state index in [1.54, 1.807) is 0 Å². The van der Waals surface area contributed by atoms with Crippen LogP contribution >= 0.6 is 0 Å². The Morgan fingerprint density at radius 1 is 1.40 bits per heavy atom. The van der Waals surface area contributed by atoms with Gasteiger partial charge in [-0.2, -0.15) is 0 Å². The summed E-state index contributed by atoms with van der Waals surface area (Å²) < 4.78 is 34.3. The summed E-state index contributed by atoms with van der Waals surface area (Å²) in [4.78, 5) is 0. The SMILES string of the molecule is CN(C)S(=O)(=O)CCCF. The number of nitrogens with zero attached hydrogens (tertiary/aromatic N) is 1. The minimum absolute atomic E-state index is 0.0838. The zero-order chi connectivity index (χ0) is 8.20. The fraction of sp³-hybridized carbons (Fsp3) is 1.00. The molecule has 0 saturated heterocycles. The van der Waals surface area contributed by atoms with E-state index in [4.69, 9.17) is 0 Å². The highest BCUT2D eigenvalue weighted by molar-refractivity contribution is 7.89. The van der Waals surface area contributed by atoms with Crippen molar-refractivity contribution in [3.05, 3.63) is 0 Å². The highest BCUT2D eigenvalue weighted by atomic mass is 32.2. The van der Waals surface area contributed by atoms with Crippen LogP contribution in [0.3, 0.4) is 0 Å². The summed E-state index contributed by atoms with van der Waals surface area (Å²) in [5, 5.41) is 0. The molecule has 10 heavy (non-hydrogen) atoms. The van der Waals surface area contributed by atoms with Crippen molar-refractivity contribution in [2.24, 2.45) is 0 Å². The van der Waals surface area contributed by atoms with Crippen molar-refractivity contribution in [1.29, 1.82) is 0 Å². The van der Waals surface area contributed by atoms with Crippen LogP contribution in [0.1, 0.15) is 6.42 Å². The summed E-state index contributed by atoms with van der Waals surface area (Å²) in [6.45, 7) is -0.576. The second-order valence-electron chi connectivity index (χ2n) is 2.14. The molecule has 0 N–H and O–H groups in total. The standard InChI is InChI=1S/C5H12FNO2S/c1-7(2)10(8,9)5-3-4-6/h3-5H2,1-2H3. The molecule has 0 radical (unpaired) electrons. The van der Waals surface area contributed by atoms with E-state index in [1.165, 1.54) is 14.1 Å². The van der Waals surface area contributed by atoms with Gasteiger partial charge in [0.05, 0.1) is 12.4 Å². The maximum atomic E-state index is 11.5. The smallest absolute Gasteiger partial charge is 0.213 e. The van der Waals surface area contributed by atoms with Crippen molar-refractivity contribution in [2.75, 3.05) is 26.5 Å². The molecule has 0 heterocycles. The summed E-state index contributed by atoms with van der Waals surface area (Å²) in [5.41, 5.74) is 0. The van der Waals surface area contributed by atoms with Gasteiger partial charge in [-0.15, -0.1) is 0 Å². The van der Waals surface area contributed by atoms with Crippen LogP contribution in [0.5, 0.6) is 0 Å². The van der Waals surface area contributed by atoms with Gasteiger partial charge in [0.1, 0.15) is 0 Å². The van der Waals surface area contributed by atoms with Crippen molar-refractivity contribution in [1.82, 2.24) is 4.31 Å². The topological polar surface area (TPSA) is 37.4 Å². The molecule has 0 aromatic heterocycles. The molecule has 0 aromatic rings. The van der Waals surface area contributed by atoms with E-state index in [2.05, 4.69) is 0 Å². The van der Waals surface area contributed by atoms with E-state index in [-0.39, 0.29) is 12.2 Å². The van der Waals surface area contributed by atoms with Crippen molar-refractivity contribution < 1.29 is 12.8 Å². The van der Waals surface area contributed by atoms with Crippen LogP contribution in [0.4, 0.5) is 4.39 Å². The van der Waals surface area contributed by atoms with Crippen LogP contribution in [-0.4, -0.2) is 39.2 Å². The zero-order valence-corrected chi connectivity index (χ0v) is 6.99. The van der Waals surface area contributed by atoms with E-state index in [1.807, 2.05) is 0 Å². The van der Waals surface area contributed by atoms with Gasteiger partial charge in [0, 0.05) is 14.1 Å². The molecule has 0 aliphatic rings. The lowest BCUT2D eigenvalue weighted by Crippen LogP contribution is -2.25. The summed E-state index contributed by atoms with van der Waals surface area (Å²) >= 11 is 0. The first-order valence-corrected chi connectivity index (χ1v) is 4.58. The molecule has 0 rings (SSSR count). The summed E-state index contributed by atoms with van der Waals surface area (Å²) in [6.07, 6.45) is 0.0838. The Morgan fingerprint density at radius 2 is 1.90 bits per heavy atom. The summed E-state index contributed by atoms with van der Waals surface area (Å²) in [5.74, 6) is -0.101. The van der Waals surface area contributed by atoms with Gasteiger partial charge in [0.25, 0.3) is 0 Å². The van der Waals surface area contributed by atoms with Crippen LogP contribution in [0, 0.1) is 0 Å². The third-order valence-corrected chi connectivity index (χ3v) is 3.01. The van der Waals surface area contributed by atoms with E-state index in [9.17, 15) is 12.8 Å². The molecule has 5 heteroatoms. The number of halogens is 1. The molecule has 0 fully saturated rings.